The summed E-state index contributed by atoms with van der Waals surface area (Å²) in [5.41, 5.74) is 1.37. The molecule has 1 aliphatic carbocycles. The molecular weight excluding hydrogens is 218 g/mol. The molecule has 0 atom stereocenters. The van der Waals surface area contributed by atoms with Gasteiger partial charge < -0.3 is 9.47 Å². The summed E-state index contributed by atoms with van der Waals surface area (Å²) < 4.78 is 2.04. The van der Waals surface area contributed by atoms with Crippen molar-refractivity contribution in [1.29, 1.82) is 0 Å². The zero-order valence-corrected chi connectivity index (χ0v) is 9.85. The summed E-state index contributed by atoms with van der Waals surface area (Å²) in [5, 5.41) is 0. The van der Waals surface area contributed by atoms with Crippen LogP contribution in [0.5, 0.6) is 0 Å². The number of amides is 1. The highest BCUT2D eigenvalue weighted by Gasteiger charge is 2.35. The van der Waals surface area contributed by atoms with Gasteiger partial charge in [-0.3, -0.25) is 9.59 Å². The molecule has 1 amide bonds. The second-order valence-corrected chi connectivity index (χ2v) is 4.79. The number of imidazole rings is 1. The molecule has 17 heavy (non-hydrogen) atoms. The van der Waals surface area contributed by atoms with Crippen molar-refractivity contribution in [1.82, 2.24) is 14.5 Å². The van der Waals surface area contributed by atoms with Gasteiger partial charge in [-0.1, -0.05) is 0 Å². The summed E-state index contributed by atoms with van der Waals surface area (Å²) >= 11 is 0. The predicted octanol–water partition coefficient (Wildman–Crippen LogP) is 0.756. The highest BCUT2D eigenvalue weighted by Crippen LogP contribution is 2.32. The molecule has 0 bridgehead atoms. The second kappa shape index (κ2) is 3.68. The van der Waals surface area contributed by atoms with Crippen LogP contribution in [0.25, 0.3) is 0 Å². The van der Waals surface area contributed by atoms with Crippen LogP contribution in [0.3, 0.4) is 0 Å². The number of carbonyl (C=O) groups excluding carboxylic acids is 2. The summed E-state index contributed by atoms with van der Waals surface area (Å²) in [6.07, 6.45) is 2.83. The van der Waals surface area contributed by atoms with E-state index < -0.39 is 0 Å². The Kier molecular flexibility index (Phi) is 2.28. The Hall–Kier alpha value is -1.65. The first-order valence-electron chi connectivity index (χ1n) is 6.00. The van der Waals surface area contributed by atoms with Crippen LogP contribution in [0, 0.1) is 12.8 Å². The monoisotopic (exact) mass is 233 g/mol. The number of aryl methyl sites for hydroxylation is 1. The molecule has 0 radical (unpaired) electrons. The molecule has 5 heteroatoms. The summed E-state index contributed by atoms with van der Waals surface area (Å²) in [5.74, 6) is 1.35. The minimum atomic E-state index is 0.241. The third-order valence-corrected chi connectivity index (χ3v) is 3.58. The van der Waals surface area contributed by atoms with Crippen molar-refractivity contribution in [3.05, 3.63) is 17.2 Å². The van der Waals surface area contributed by atoms with Crippen LogP contribution < -0.4 is 0 Å². The van der Waals surface area contributed by atoms with Crippen molar-refractivity contribution < 1.29 is 9.59 Å². The van der Waals surface area contributed by atoms with Crippen LogP contribution in [-0.4, -0.2) is 33.2 Å². The van der Waals surface area contributed by atoms with Gasteiger partial charge in [0, 0.05) is 19.0 Å². The third-order valence-electron chi connectivity index (χ3n) is 3.58. The van der Waals surface area contributed by atoms with Crippen molar-refractivity contribution in [2.45, 2.75) is 32.9 Å². The van der Waals surface area contributed by atoms with E-state index in [0.29, 0.717) is 12.2 Å². The fourth-order valence-corrected chi connectivity index (χ4v) is 2.45. The fourth-order valence-electron chi connectivity index (χ4n) is 2.45. The zero-order valence-electron chi connectivity index (χ0n) is 9.85. The van der Waals surface area contributed by atoms with E-state index in [1.807, 2.05) is 16.4 Å². The van der Waals surface area contributed by atoms with Crippen molar-refractivity contribution >= 4 is 12.2 Å². The first-order chi connectivity index (χ1) is 8.20. The lowest BCUT2D eigenvalue weighted by molar-refractivity contribution is -0.134. The van der Waals surface area contributed by atoms with E-state index in [1.54, 1.807) is 0 Å². The Morgan fingerprint density at radius 2 is 2.18 bits per heavy atom. The zero-order chi connectivity index (χ0) is 12.0. The van der Waals surface area contributed by atoms with Gasteiger partial charge in [0.15, 0.2) is 6.29 Å². The number of rotatable bonds is 2. The maximum Gasteiger partial charge on any atom is 0.226 e. The maximum absolute atomic E-state index is 12.0. The average molecular weight is 233 g/mol. The van der Waals surface area contributed by atoms with E-state index >= 15 is 0 Å². The molecule has 0 spiro atoms. The van der Waals surface area contributed by atoms with E-state index in [1.165, 1.54) is 0 Å². The number of aldehydes is 1. The number of aromatic nitrogens is 2. The highest BCUT2D eigenvalue weighted by molar-refractivity contribution is 5.81. The SMILES string of the molecule is Cc1nc(C=O)c2n1CCN(C(=O)C1CC1)C2. The fraction of sp³-hybridized carbons (Fsp3) is 0.583. The largest absolute Gasteiger partial charge is 0.335 e. The van der Waals surface area contributed by atoms with Crippen molar-refractivity contribution in [2.75, 3.05) is 6.54 Å². The molecule has 0 aromatic carbocycles. The number of hydrogen-bond acceptors (Lipinski definition) is 3. The predicted molar refractivity (Wildman–Crippen MR) is 60.5 cm³/mol. The minimum Gasteiger partial charge on any atom is -0.335 e. The molecule has 5 nitrogen and oxygen atoms in total. The van der Waals surface area contributed by atoms with E-state index in [4.69, 9.17) is 0 Å². The van der Waals surface area contributed by atoms with Crippen LogP contribution in [0.1, 0.15) is 34.8 Å². The van der Waals surface area contributed by atoms with Gasteiger partial charge in [-0.05, 0) is 19.8 Å². The van der Waals surface area contributed by atoms with Crippen molar-refractivity contribution in [3.8, 4) is 0 Å². The summed E-state index contributed by atoms with van der Waals surface area (Å²) in [6, 6.07) is 0. The van der Waals surface area contributed by atoms with Crippen LogP contribution >= 0.6 is 0 Å². The molecule has 1 aromatic heterocycles. The minimum absolute atomic E-state index is 0.241. The molecule has 1 aromatic rings. The quantitative estimate of drug-likeness (QED) is 0.708. The van der Waals surface area contributed by atoms with Gasteiger partial charge in [0.05, 0.1) is 12.2 Å². The summed E-state index contributed by atoms with van der Waals surface area (Å²) in [7, 11) is 0. The maximum atomic E-state index is 12.0. The molecule has 1 aliphatic heterocycles. The average Bonchev–Trinajstić information content (AvgIpc) is 3.14. The van der Waals surface area contributed by atoms with E-state index in [2.05, 4.69) is 4.98 Å². The molecule has 0 saturated heterocycles. The number of nitrogens with zero attached hydrogens (tertiary/aromatic N) is 3. The van der Waals surface area contributed by atoms with Crippen molar-refractivity contribution in [3.63, 3.8) is 0 Å². The Bertz CT molecular complexity index is 488. The first kappa shape index (κ1) is 10.5. The van der Waals surface area contributed by atoms with Gasteiger partial charge in [-0.15, -0.1) is 0 Å². The lowest BCUT2D eigenvalue weighted by atomic mass is 10.2. The first-order valence-corrected chi connectivity index (χ1v) is 6.00. The van der Waals surface area contributed by atoms with E-state index in [0.717, 1.165) is 43.7 Å². The Morgan fingerprint density at radius 3 is 2.82 bits per heavy atom. The van der Waals surface area contributed by atoms with E-state index in [-0.39, 0.29) is 11.8 Å². The second-order valence-electron chi connectivity index (χ2n) is 4.79. The van der Waals surface area contributed by atoms with Gasteiger partial charge in [-0.2, -0.15) is 0 Å². The number of carbonyl (C=O) groups is 2. The molecule has 2 heterocycles. The molecule has 1 saturated carbocycles. The molecule has 90 valence electrons. The standard InChI is InChI=1S/C12H15N3O2/c1-8-13-10(7-16)11-6-14(4-5-15(8)11)12(17)9-2-3-9/h7,9H,2-6H2,1H3. The highest BCUT2D eigenvalue weighted by atomic mass is 16.2. The topological polar surface area (TPSA) is 55.2 Å². The lowest BCUT2D eigenvalue weighted by Crippen LogP contribution is -2.39. The normalized spacial score (nSPS) is 19.0. The van der Waals surface area contributed by atoms with Gasteiger partial charge in [0.1, 0.15) is 11.5 Å². The Labute approximate surface area is 99.4 Å². The molecule has 1 fully saturated rings. The van der Waals surface area contributed by atoms with Crippen LogP contribution in [-0.2, 0) is 17.9 Å². The molecule has 3 rings (SSSR count). The van der Waals surface area contributed by atoms with Gasteiger partial charge in [-0.25, -0.2) is 4.98 Å². The molecule has 0 unspecified atom stereocenters. The summed E-state index contributed by atoms with van der Waals surface area (Å²) in [6.45, 7) is 3.91. The third kappa shape index (κ3) is 1.66. The molecule has 0 N–H and O–H groups in total. The number of hydrogen-bond donors (Lipinski definition) is 0. The van der Waals surface area contributed by atoms with Gasteiger partial charge >= 0.3 is 0 Å². The Balaban J connectivity index is 1.88. The Morgan fingerprint density at radius 1 is 1.41 bits per heavy atom. The number of fused-ring (bicyclic) bond motifs is 1. The molecule has 2 aliphatic rings. The summed E-state index contributed by atoms with van der Waals surface area (Å²) in [4.78, 5) is 29.0. The lowest BCUT2D eigenvalue weighted by Gasteiger charge is -2.29. The van der Waals surface area contributed by atoms with Crippen molar-refractivity contribution in [2.24, 2.45) is 5.92 Å². The van der Waals surface area contributed by atoms with Gasteiger partial charge in [0.2, 0.25) is 5.91 Å². The van der Waals surface area contributed by atoms with Crippen LogP contribution in [0.4, 0.5) is 0 Å². The van der Waals surface area contributed by atoms with E-state index in [9.17, 15) is 9.59 Å². The smallest absolute Gasteiger partial charge is 0.226 e. The molecular formula is C12H15N3O2. The van der Waals surface area contributed by atoms with Gasteiger partial charge in [0.25, 0.3) is 0 Å². The van der Waals surface area contributed by atoms with Crippen LogP contribution in [0.15, 0.2) is 0 Å². The van der Waals surface area contributed by atoms with Crippen LogP contribution in [0.2, 0.25) is 0 Å².